The minimum atomic E-state index is -0.431. The molecule has 16 heavy (non-hydrogen) atoms. The van der Waals surface area contributed by atoms with E-state index >= 15 is 0 Å². The molecule has 0 unspecified atom stereocenters. The maximum atomic E-state index is 13.1. The van der Waals surface area contributed by atoms with E-state index in [1.165, 1.54) is 29.0 Å². The van der Waals surface area contributed by atoms with E-state index in [-0.39, 0.29) is 18.5 Å². The zero-order valence-corrected chi connectivity index (χ0v) is 8.39. The van der Waals surface area contributed by atoms with Crippen molar-refractivity contribution in [2.24, 2.45) is 0 Å². The smallest absolute Gasteiger partial charge is 0.269 e. The highest BCUT2D eigenvalue weighted by atomic mass is 19.1. The summed E-state index contributed by atoms with van der Waals surface area (Å²) >= 11 is 0. The number of hydrogen-bond acceptors (Lipinski definition) is 3. The highest BCUT2D eigenvalue weighted by Crippen LogP contribution is 2.11. The number of fused-ring (bicyclic) bond motifs is 1. The number of aromatic nitrogens is 2. The normalized spacial score (nSPS) is 10.6. The van der Waals surface area contributed by atoms with E-state index in [0.29, 0.717) is 11.0 Å². The topological polar surface area (TPSA) is 52.0 Å². The Balaban J connectivity index is 2.67. The average molecular weight is 220 g/mol. The van der Waals surface area contributed by atoms with E-state index in [0.717, 1.165) is 6.29 Å². The van der Waals surface area contributed by atoms with Gasteiger partial charge >= 0.3 is 0 Å². The fraction of sp³-hybridized carbons (Fsp3) is 0.182. The van der Waals surface area contributed by atoms with Gasteiger partial charge in [-0.15, -0.1) is 0 Å². The van der Waals surface area contributed by atoms with Crippen molar-refractivity contribution >= 4 is 17.3 Å². The molecule has 0 radical (unpaired) electrons. The number of halogens is 1. The van der Waals surface area contributed by atoms with Gasteiger partial charge in [0.1, 0.15) is 12.1 Å². The van der Waals surface area contributed by atoms with Gasteiger partial charge in [-0.05, 0) is 18.2 Å². The lowest BCUT2D eigenvalue weighted by molar-refractivity contribution is -0.108. The van der Waals surface area contributed by atoms with Gasteiger partial charge in [0, 0.05) is 13.0 Å². The molecule has 0 amide bonds. The van der Waals surface area contributed by atoms with Crippen molar-refractivity contribution in [2.45, 2.75) is 13.0 Å². The van der Waals surface area contributed by atoms with Crippen LogP contribution < -0.4 is 5.56 Å². The molecule has 2 rings (SSSR count). The molecule has 0 fully saturated rings. The number of carbonyl (C=O) groups excluding carboxylic acids is 1. The third-order valence-corrected chi connectivity index (χ3v) is 2.28. The molecule has 0 saturated carbocycles. The molecule has 4 nitrogen and oxygen atoms in total. The maximum absolute atomic E-state index is 13.1. The predicted molar refractivity (Wildman–Crippen MR) is 56.6 cm³/mol. The number of hydrogen-bond donors (Lipinski definition) is 0. The molecule has 0 N–H and O–H groups in total. The first-order valence-corrected chi connectivity index (χ1v) is 4.81. The number of aldehydes is 1. The summed E-state index contributed by atoms with van der Waals surface area (Å²) in [6, 6.07) is 4.03. The highest BCUT2D eigenvalue weighted by Gasteiger charge is 2.04. The second-order valence-electron chi connectivity index (χ2n) is 3.34. The van der Waals surface area contributed by atoms with Gasteiger partial charge in [-0.1, -0.05) is 0 Å². The van der Waals surface area contributed by atoms with Gasteiger partial charge in [-0.3, -0.25) is 4.79 Å². The fourth-order valence-electron chi connectivity index (χ4n) is 1.55. The van der Waals surface area contributed by atoms with Crippen LogP contribution in [0.3, 0.4) is 0 Å². The second kappa shape index (κ2) is 4.22. The van der Waals surface area contributed by atoms with Gasteiger partial charge in [0.25, 0.3) is 5.56 Å². The zero-order valence-electron chi connectivity index (χ0n) is 8.39. The van der Waals surface area contributed by atoms with Crippen LogP contribution in [0.1, 0.15) is 6.42 Å². The Morgan fingerprint density at radius 3 is 3.00 bits per heavy atom. The van der Waals surface area contributed by atoms with Crippen LogP contribution in [-0.2, 0) is 11.3 Å². The van der Waals surface area contributed by atoms with E-state index in [4.69, 9.17) is 0 Å². The van der Waals surface area contributed by atoms with Gasteiger partial charge in [0.15, 0.2) is 0 Å². The van der Waals surface area contributed by atoms with Crippen molar-refractivity contribution in [1.82, 2.24) is 9.55 Å². The SMILES string of the molecule is O=CCCn1c(=O)cnc2ccc(F)cc21. The standard InChI is InChI=1S/C11H9FN2O2/c12-8-2-3-9-10(6-8)14(4-1-5-15)11(16)7-13-9/h2-3,5-7H,1,4H2. The monoisotopic (exact) mass is 220 g/mol. The molecule has 5 heteroatoms. The second-order valence-corrected chi connectivity index (χ2v) is 3.34. The molecule has 1 aromatic heterocycles. The van der Waals surface area contributed by atoms with E-state index in [1.54, 1.807) is 0 Å². The number of nitrogens with zero attached hydrogens (tertiary/aromatic N) is 2. The van der Waals surface area contributed by atoms with Crippen molar-refractivity contribution in [3.8, 4) is 0 Å². The Kier molecular flexibility index (Phi) is 2.76. The van der Waals surface area contributed by atoms with Gasteiger partial charge < -0.3 is 9.36 Å². The molecule has 0 aliphatic carbocycles. The molecule has 82 valence electrons. The van der Waals surface area contributed by atoms with E-state index in [2.05, 4.69) is 4.98 Å². The zero-order chi connectivity index (χ0) is 11.5. The molecule has 0 bridgehead atoms. The van der Waals surface area contributed by atoms with Crippen LogP contribution in [0, 0.1) is 5.82 Å². The lowest BCUT2D eigenvalue weighted by Gasteiger charge is -2.07. The van der Waals surface area contributed by atoms with Crippen LogP contribution in [0.5, 0.6) is 0 Å². The molecular weight excluding hydrogens is 211 g/mol. The van der Waals surface area contributed by atoms with Crippen molar-refractivity contribution in [1.29, 1.82) is 0 Å². The summed E-state index contributed by atoms with van der Waals surface area (Å²) < 4.78 is 14.4. The lowest BCUT2D eigenvalue weighted by atomic mass is 10.3. The Morgan fingerprint density at radius 2 is 2.25 bits per heavy atom. The Morgan fingerprint density at radius 1 is 1.44 bits per heavy atom. The number of aryl methyl sites for hydroxylation is 1. The highest BCUT2D eigenvalue weighted by molar-refractivity contribution is 5.74. The molecule has 0 spiro atoms. The lowest BCUT2D eigenvalue weighted by Crippen LogP contribution is -2.20. The molecule has 0 atom stereocenters. The molecule has 0 saturated heterocycles. The van der Waals surface area contributed by atoms with Crippen LogP contribution in [0.25, 0.3) is 11.0 Å². The Hall–Kier alpha value is -2.04. The minimum Gasteiger partial charge on any atom is -0.305 e. The molecule has 2 aromatic rings. The quantitative estimate of drug-likeness (QED) is 0.728. The van der Waals surface area contributed by atoms with Crippen LogP contribution in [-0.4, -0.2) is 15.8 Å². The summed E-state index contributed by atoms with van der Waals surface area (Å²) in [5.41, 5.74) is 0.612. The van der Waals surface area contributed by atoms with E-state index in [9.17, 15) is 14.0 Å². The van der Waals surface area contributed by atoms with Crippen LogP contribution in [0.15, 0.2) is 29.2 Å². The largest absolute Gasteiger partial charge is 0.305 e. The van der Waals surface area contributed by atoms with Gasteiger partial charge in [-0.25, -0.2) is 9.37 Å². The minimum absolute atomic E-state index is 0.218. The van der Waals surface area contributed by atoms with Crippen LogP contribution in [0.4, 0.5) is 4.39 Å². The predicted octanol–water partition coefficient (Wildman–Crippen LogP) is 1.12. The van der Waals surface area contributed by atoms with Crippen molar-refractivity contribution < 1.29 is 9.18 Å². The average Bonchev–Trinajstić information content (AvgIpc) is 2.28. The van der Waals surface area contributed by atoms with Crippen LogP contribution >= 0.6 is 0 Å². The van der Waals surface area contributed by atoms with Gasteiger partial charge in [0.2, 0.25) is 0 Å². The summed E-state index contributed by atoms with van der Waals surface area (Å²) in [5, 5.41) is 0. The van der Waals surface area contributed by atoms with Crippen molar-refractivity contribution in [3.05, 3.63) is 40.6 Å². The van der Waals surface area contributed by atoms with E-state index < -0.39 is 5.82 Å². The Bertz CT molecular complexity index is 592. The number of benzene rings is 1. The number of rotatable bonds is 3. The van der Waals surface area contributed by atoms with Gasteiger partial charge in [-0.2, -0.15) is 0 Å². The third kappa shape index (κ3) is 1.84. The molecular formula is C11H9FN2O2. The first-order valence-electron chi connectivity index (χ1n) is 4.81. The summed E-state index contributed by atoms with van der Waals surface area (Å²) in [4.78, 5) is 25.7. The fourth-order valence-corrected chi connectivity index (χ4v) is 1.55. The first-order chi connectivity index (χ1) is 7.72. The maximum Gasteiger partial charge on any atom is 0.269 e. The first kappa shape index (κ1) is 10.5. The van der Waals surface area contributed by atoms with E-state index in [1.807, 2.05) is 0 Å². The third-order valence-electron chi connectivity index (χ3n) is 2.28. The number of carbonyl (C=O) groups is 1. The van der Waals surface area contributed by atoms with Crippen LogP contribution in [0.2, 0.25) is 0 Å². The molecule has 1 heterocycles. The summed E-state index contributed by atoms with van der Waals surface area (Å²) in [7, 11) is 0. The Labute approximate surface area is 90.3 Å². The van der Waals surface area contributed by atoms with Gasteiger partial charge in [0.05, 0.1) is 17.2 Å². The summed E-state index contributed by atoms with van der Waals surface area (Å²) in [5.74, 6) is -0.431. The van der Waals surface area contributed by atoms with Crippen molar-refractivity contribution in [3.63, 3.8) is 0 Å². The molecule has 1 aromatic carbocycles. The summed E-state index contributed by atoms with van der Waals surface area (Å²) in [6.07, 6.45) is 2.11. The molecule has 0 aliphatic heterocycles. The molecule has 0 aliphatic rings. The van der Waals surface area contributed by atoms with Crippen molar-refractivity contribution in [2.75, 3.05) is 0 Å². The summed E-state index contributed by atoms with van der Waals surface area (Å²) in [6.45, 7) is 0.241.